The van der Waals surface area contributed by atoms with Gasteiger partial charge in [-0.15, -0.1) is 5.10 Å². The highest BCUT2D eigenvalue weighted by atomic mass is 35.5. The van der Waals surface area contributed by atoms with E-state index in [1.165, 1.54) is 11.0 Å². The Hall–Kier alpha value is -2.90. The van der Waals surface area contributed by atoms with E-state index in [0.717, 1.165) is 0 Å². The van der Waals surface area contributed by atoms with Gasteiger partial charge >= 0.3 is 0 Å². The van der Waals surface area contributed by atoms with E-state index in [1.54, 1.807) is 55.6 Å². The van der Waals surface area contributed by atoms with E-state index in [-0.39, 0.29) is 12.4 Å². The molecule has 1 amide bonds. The zero-order valence-electron chi connectivity index (χ0n) is 14.0. The molecule has 1 atom stereocenters. The second-order valence-electron chi connectivity index (χ2n) is 5.54. The number of aliphatic hydroxyl groups excluding tert-OH is 1. The molecule has 0 aliphatic rings. The molecule has 26 heavy (non-hydrogen) atoms. The number of methoxy groups -OCH3 is 1. The molecular formula is C18H17ClN4O3. The number of hydrogen-bond donors (Lipinski definition) is 2. The predicted octanol–water partition coefficient (Wildman–Crippen LogP) is 2.93. The monoisotopic (exact) mass is 372 g/mol. The van der Waals surface area contributed by atoms with E-state index >= 15 is 0 Å². The van der Waals surface area contributed by atoms with Gasteiger partial charge in [0.15, 0.2) is 0 Å². The molecule has 0 saturated heterocycles. The second kappa shape index (κ2) is 7.99. The number of nitrogens with zero attached hydrogens (tertiary/aromatic N) is 3. The first-order chi connectivity index (χ1) is 12.5. The number of rotatable bonds is 6. The first-order valence-electron chi connectivity index (χ1n) is 7.83. The number of ether oxygens (including phenoxy) is 1. The summed E-state index contributed by atoms with van der Waals surface area (Å²) in [6.45, 7) is 0.174. The topological polar surface area (TPSA) is 89.3 Å². The number of benzene rings is 2. The van der Waals surface area contributed by atoms with Gasteiger partial charge in [-0.3, -0.25) is 4.79 Å². The van der Waals surface area contributed by atoms with E-state index < -0.39 is 12.0 Å². The first-order valence-corrected chi connectivity index (χ1v) is 8.21. The average molecular weight is 373 g/mol. The fourth-order valence-electron chi connectivity index (χ4n) is 2.32. The van der Waals surface area contributed by atoms with E-state index in [2.05, 4.69) is 15.4 Å². The van der Waals surface area contributed by atoms with Gasteiger partial charge < -0.3 is 15.2 Å². The predicted molar refractivity (Wildman–Crippen MR) is 97.4 cm³/mol. The Balaban J connectivity index is 1.63. The Morgan fingerprint density at radius 1 is 1.23 bits per heavy atom. The van der Waals surface area contributed by atoms with Crippen molar-refractivity contribution in [2.24, 2.45) is 0 Å². The highest BCUT2D eigenvalue weighted by molar-refractivity contribution is 6.30. The summed E-state index contributed by atoms with van der Waals surface area (Å²) in [5.41, 5.74) is 1.31. The maximum absolute atomic E-state index is 12.2. The molecule has 0 aliphatic heterocycles. The average Bonchev–Trinajstić information content (AvgIpc) is 3.12. The van der Waals surface area contributed by atoms with Crippen LogP contribution in [0.25, 0.3) is 0 Å². The number of hydrogen-bond acceptors (Lipinski definition) is 5. The SMILES string of the molecule is COc1ccc(C(O)Cn2cnc(C(=O)Nc3ccc(Cl)cc3)n2)cc1. The molecule has 8 heteroatoms. The van der Waals surface area contributed by atoms with Gasteiger partial charge in [-0.05, 0) is 42.0 Å². The molecule has 2 N–H and O–H groups in total. The minimum atomic E-state index is -0.783. The van der Waals surface area contributed by atoms with Gasteiger partial charge in [0.1, 0.15) is 12.1 Å². The molecule has 0 spiro atoms. The fraction of sp³-hybridized carbons (Fsp3) is 0.167. The van der Waals surface area contributed by atoms with Crippen molar-refractivity contribution in [3.05, 3.63) is 71.3 Å². The zero-order valence-corrected chi connectivity index (χ0v) is 14.7. The van der Waals surface area contributed by atoms with Crippen LogP contribution in [0.1, 0.15) is 22.3 Å². The molecule has 0 radical (unpaired) electrons. The molecule has 134 valence electrons. The number of carbonyl (C=O) groups is 1. The number of amides is 1. The summed E-state index contributed by atoms with van der Waals surface area (Å²) in [6.07, 6.45) is 0.624. The van der Waals surface area contributed by atoms with Gasteiger partial charge in [0, 0.05) is 10.7 Å². The largest absolute Gasteiger partial charge is 0.497 e. The van der Waals surface area contributed by atoms with Crippen LogP contribution in [-0.4, -0.2) is 32.9 Å². The first kappa shape index (κ1) is 17.9. The maximum Gasteiger partial charge on any atom is 0.295 e. The lowest BCUT2D eigenvalue weighted by Crippen LogP contribution is -2.15. The summed E-state index contributed by atoms with van der Waals surface area (Å²) in [5.74, 6) is 0.287. The highest BCUT2D eigenvalue weighted by Crippen LogP contribution is 2.19. The smallest absolute Gasteiger partial charge is 0.295 e. The third-order valence-electron chi connectivity index (χ3n) is 3.70. The summed E-state index contributed by atoms with van der Waals surface area (Å²) in [5, 5.41) is 17.7. The summed E-state index contributed by atoms with van der Waals surface area (Å²) in [6, 6.07) is 13.8. The van der Waals surface area contributed by atoms with Crippen LogP contribution in [-0.2, 0) is 6.54 Å². The van der Waals surface area contributed by atoms with Gasteiger partial charge in [-0.2, -0.15) is 0 Å². The van der Waals surface area contributed by atoms with Crippen LogP contribution in [0.4, 0.5) is 5.69 Å². The zero-order chi connectivity index (χ0) is 18.5. The van der Waals surface area contributed by atoms with E-state index in [1.807, 2.05) is 0 Å². The molecule has 0 saturated carbocycles. The number of anilines is 1. The maximum atomic E-state index is 12.2. The summed E-state index contributed by atoms with van der Waals surface area (Å²) in [4.78, 5) is 16.2. The Labute approximate surface area is 155 Å². The lowest BCUT2D eigenvalue weighted by molar-refractivity contribution is 0.101. The van der Waals surface area contributed by atoms with Crippen LogP contribution in [0.2, 0.25) is 5.02 Å². The van der Waals surface area contributed by atoms with Crippen LogP contribution >= 0.6 is 11.6 Å². The molecule has 0 aliphatic carbocycles. The number of aromatic nitrogens is 3. The number of carbonyl (C=O) groups excluding carboxylic acids is 1. The Morgan fingerprint density at radius 2 is 1.92 bits per heavy atom. The Kier molecular flexibility index (Phi) is 5.50. The standard InChI is InChI=1S/C18H17ClN4O3/c1-26-15-8-2-12(3-9-15)16(24)10-23-11-20-17(22-23)18(25)21-14-6-4-13(19)5-7-14/h2-9,11,16,24H,10H2,1H3,(H,21,25). The second-order valence-corrected chi connectivity index (χ2v) is 5.98. The van der Waals surface area contributed by atoms with Crippen LogP contribution in [0.3, 0.4) is 0 Å². The Bertz CT molecular complexity index is 878. The molecule has 1 aromatic heterocycles. The van der Waals surface area contributed by atoms with Crippen LogP contribution in [0.15, 0.2) is 54.9 Å². The number of aliphatic hydroxyl groups is 1. The van der Waals surface area contributed by atoms with E-state index in [0.29, 0.717) is 22.0 Å². The van der Waals surface area contributed by atoms with Crippen molar-refractivity contribution in [2.45, 2.75) is 12.6 Å². The minimum absolute atomic E-state index is 0.0156. The van der Waals surface area contributed by atoms with Gasteiger partial charge in [-0.1, -0.05) is 23.7 Å². The van der Waals surface area contributed by atoms with Crippen molar-refractivity contribution >= 4 is 23.2 Å². The van der Waals surface area contributed by atoms with Crippen LogP contribution < -0.4 is 10.1 Å². The van der Waals surface area contributed by atoms with Crippen molar-refractivity contribution in [3.8, 4) is 5.75 Å². The third kappa shape index (κ3) is 4.38. The molecule has 0 bridgehead atoms. The lowest BCUT2D eigenvalue weighted by atomic mass is 10.1. The van der Waals surface area contributed by atoms with Crippen molar-refractivity contribution in [1.29, 1.82) is 0 Å². The quantitative estimate of drug-likeness (QED) is 0.694. The molecular weight excluding hydrogens is 356 g/mol. The molecule has 0 fully saturated rings. The molecule has 3 rings (SSSR count). The molecule has 1 unspecified atom stereocenters. The fourth-order valence-corrected chi connectivity index (χ4v) is 2.44. The van der Waals surface area contributed by atoms with Crippen molar-refractivity contribution in [2.75, 3.05) is 12.4 Å². The van der Waals surface area contributed by atoms with Gasteiger partial charge in [0.25, 0.3) is 5.91 Å². The Morgan fingerprint density at radius 3 is 2.58 bits per heavy atom. The van der Waals surface area contributed by atoms with Crippen molar-refractivity contribution in [3.63, 3.8) is 0 Å². The van der Waals surface area contributed by atoms with E-state index in [9.17, 15) is 9.90 Å². The molecule has 3 aromatic rings. The van der Waals surface area contributed by atoms with Crippen LogP contribution in [0.5, 0.6) is 5.75 Å². The van der Waals surface area contributed by atoms with Gasteiger partial charge in [-0.25, -0.2) is 9.67 Å². The number of halogens is 1. The summed E-state index contributed by atoms with van der Waals surface area (Å²) >= 11 is 5.81. The molecule has 1 heterocycles. The lowest BCUT2D eigenvalue weighted by Gasteiger charge is -2.11. The summed E-state index contributed by atoms with van der Waals surface area (Å²) < 4.78 is 6.51. The molecule has 7 nitrogen and oxygen atoms in total. The molecule has 2 aromatic carbocycles. The third-order valence-corrected chi connectivity index (χ3v) is 3.95. The van der Waals surface area contributed by atoms with Gasteiger partial charge in [0.05, 0.1) is 19.8 Å². The van der Waals surface area contributed by atoms with Gasteiger partial charge in [0.2, 0.25) is 5.82 Å². The van der Waals surface area contributed by atoms with Crippen molar-refractivity contribution < 1.29 is 14.6 Å². The van der Waals surface area contributed by atoms with E-state index in [4.69, 9.17) is 16.3 Å². The minimum Gasteiger partial charge on any atom is -0.497 e. The van der Waals surface area contributed by atoms with Crippen molar-refractivity contribution in [1.82, 2.24) is 14.8 Å². The summed E-state index contributed by atoms with van der Waals surface area (Å²) in [7, 11) is 1.58. The highest BCUT2D eigenvalue weighted by Gasteiger charge is 2.14. The normalized spacial score (nSPS) is 11.8. The van der Waals surface area contributed by atoms with Crippen LogP contribution in [0, 0.1) is 0 Å². The number of nitrogens with one attached hydrogen (secondary N) is 1.